The highest BCUT2D eigenvalue weighted by Crippen LogP contribution is 2.42. The number of ether oxygens (including phenoxy) is 3. The number of nitrogen functional groups attached to an aromatic ring is 1. The van der Waals surface area contributed by atoms with Crippen LogP contribution in [-0.4, -0.2) is 55.9 Å². The quantitative estimate of drug-likeness (QED) is 0.201. The maximum absolute atomic E-state index is 15.6. The highest BCUT2D eigenvalue weighted by Gasteiger charge is 2.37. The lowest BCUT2D eigenvalue weighted by Crippen LogP contribution is -2.44. The molecule has 0 aliphatic heterocycles. The summed E-state index contributed by atoms with van der Waals surface area (Å²) in [7, 11) is 0. The van der Waals surface area contributed by atoms with Gasteiger partial charge in [-0.1, -0.05) is 6.08 Å². The third-order valence-corrected chi connectivity index (χ3v) is 7.23. The fraction of sp³-hybridized carbons (Fsp3) is 0.514. The number of aryl methyl sites for hydroxylation is 1. The van der Waals surface area contributed by atoms with Gasteiger partial charge in [0.2, 0.25) is 0 Å². The molecule has 2 heterocycles. The Morgan fingerprint density at radius 1 is 0.939 bits per heavy atom. The van der Waals surface area contributed by atoms with Crippen LogP contribution in [0.15, 0.2) is 24.4 Å². The van der Waals surface area contributed by atoms with E-state index in [1.54, 1.807) is 67.0 Å². The predicted molar refractivity (Wildman–Crippen MR) is 183 cm³/mol. The van der Waals surface area contributed by atoms with E-state index in [4.69, 9.17) is 19.9 Å². The van der Waals surface area contributed by atoms with Crippen LogP contribution < -0.4 is 16.0 Å². The van der Waals surface area contributed by atoms with Crippen LogP contribution in [0.2, 0.25) is 0 Å². The summed E-state index contributed by atoms with van der Waals surface area (Å²) in [6.45, 7) is 17.3. The Hall–Kier alpha value is -4.75. The van der Waals surface area contributed by atoms with Crippen molar-refractivity contribution in [1.82, 2.24) is 20.1 Å². The summed E-state index contributed by atoms with van der Waals surface area (Å²) in [4.78, 5) is 45.1. The molecular weight excluding hydrogens is 638 g/mol. The third kappa shape index (κ3) is 8.84. The largest absolute Gasteiger partial charge is 0.444 e. The normalized spacial score (nSPS) is 15.4. The molecule has 1 atom stereocenters. The first kappa shape index (κ1) is 37.1. The molecule has 4 rings (SSSR count). The minimum Gasteiger partial charge on any atom is -0.444 e. The van der Waals surface area contributed by atoms with E-state index in [0.29, 0.717) is 35.2 Å². The second-order valence-electron chi connectivity index (χ2n) is 14.9. The van der Waals surface area contributed by atoms with Gasteiger partial charge in [0.1, 0.15) is 34.1 Å². The van der Waals surface area contributed by atoms with Crippen LogP contribution in [0.25, 0.3) is 27.7 Å². The number of allylic oxidation sites excluding steroid dienone is 1. The number of nitrogens with two attached hydrogens (primary N) is 1. The molecule has 3 amide bonds. The molecule has 1 aliphatic rings. The number of imide groups is 1. The number of halogens is 2. The van der Waals surface area contributed by atoms with Gasteiger partial charge in [-0.25, -0.2) is 28.1 Å². The molecule has 12 nitrogen and oxygen atoms in total. The minimum atomic E-state index is -1.09. The summed E-state index contributed by atoms with van der Waals surface area (Å²) >= 11 is 0. The van der Waals surface area contributed by atoms with Crippen molar-refractivity contribution in [3.63, 3.8) is 0 Å². The fourth-order valence-corrected chi connectivity index (χ4v) is 5.31. The van der Waals surface area contributed by atoms with E-state index in [2.05, 4.69) is 15.4 Å². The van der Waals surface area contributed by atoms with Gasteiger partial charge < -0.3 is 25.3 Å². The van der Waals surface area contributed by atoms with Crippen LogP contribution in [0.5, 0.6) is 0 Å². The number of hydrogen-bond donors (Lipinski definition) is 2. The van der Waals surface area contributed by atoms with Gasteiger partial charge in [0.05, 0.1) is 16.6 Å². The SMILES string of the molecule is CCn1nc(-c2cc(F)c(N)cc2F)c2c(N(C(=O)OC(C)(C)C)C(=O)OC(C)(C)C)ncc(C3=CCC(NC(=O)OC(C)(C)C)CC3)c21. The van der Waals surface area contributed by atoms with Crippen LogP contribution >= 0.6 is 0 Å². The number of benzene rings is 1. The second kappa shape index (κ2) is 13.6. The minimum absolute atomic E-state index is 0.0735. The molecule has 0 bridgehead atoms. The number of aromatic nitrogens is 3. The van der Waals surface area contributed by atoms with Crippen molar-refractivity contribution in [2.24, 2.45) is 0 Å². The van der Waals surface area contributed by atoms with Crippen molar-refractivity contribution in [2.75, 3.05) is 10.6 Å². The number of nitrogens with one attached hydrogen (secondary N) is 1. The monoisotopic (exact) mass is 684 g/mol. The van der Waals surface area contributed by atoms with Crippen molar-refractivity contribution in [1.29, 1.82) is 0 Å². The first-order valence-corrected chi connectivity index (χ1v) is 16.2. The summed E-state index contributed by atoms with van der Waals surface area (Å²) in [6, 6.07) is 1.58. The molecule has 1 aliphatic carbocycles. The van der Waals surface area contributed by atoms with Crippen molar-refractivity contribution in [3.8, 4) is 11.3 Å². The Labute approximate surface area is 285 Å². The molecule has 3 N–H and O–H groups in total. The summed E-state index contributed by atoms with van der Waals surface area (Å²) in [5.41, 5.74) is 4.11. The molecule has 49 heavy (non-hydrogen) atoms. The maximum Gasteiger partial charge on any atom is 0.425 e. The predicted octanol–water partition coefficient (Wildman–Crippen LogP) is 8.12. The van der Waals surface area contributed by atoms with Crippen molar-refractivity contribution < 1.29 is 37.4 Å². The van der Waals surface area contributed by atoms with Gasteiger partial charge in [0.15, 0.2) is 5.82 Å². The molecule has 0 saturated heterocycles. The van der Waals surface area contributed by atoms with Crippen molar-refractivity contribution in [2.45, 2.75) is 118 Å². The van der Waals surface area contributed by atoms with E-state index in [-0.39, 0.29) is 35.0 Å². The number of rotatable bonds is 5. The first-order valence-electron chi connectivity index (χ1n) is 16.2. The molecular formula is C35H46F2N6O6. The Morgan fingerprint density at radius 2 is 1.53 bits per heavy atom. The zero-order valence-corrected chi connectivity index (χ0v) is 29.8. The lowest BCUT2D eigenvalue weighted by molar-refractivity contribution is 0.0426. The van der Waals surface area contributed by atoms with E-state index in [1.165, 1.54) is 6.20 Å². The number of carbonyl (C=O) groups is 3. The Bertz CT molecular complexity index is 1770. The topological polar surface area (TPSA) is 151 Å². The molecule has 266 valence electrons. The van der Waals surface area contributed by atoms with Gasteiger partial charge in [0, 0.05) is 36.0 Å². The van der Waals surface area contributed by atoms with Gasteiger partial charge >= 0.3 is 18.3 Å². The molecule has 0 radical (unpaired) electrons. The standard InChI is InChI=1S/C35H46F2N6O6/c1-11-42-28-22(19-12-14-20(15-13-19)40-30(44)47-33(2,3)4)18-39-29(26(28)27(41-42)21-16-24(37)25(38)17-23(21)36)43(31(45)48-34(5,6)7)32(46)49-35(8,9)10/h12,16-18,20H,11,13-15,38H2,1-10H3,(H,40,44). The van der Waals surface area contributed by atoms with E-state index < -0.39 is 52.4 Å². The molecule has 0 fully saturated rings. The zero-order chi connectivity index (χ0) is 36.6. The molecule has 2 aromatic heterocycles. The zero-order valence-electron chi connectivity index (χ0n) is 29.8. The maximum atomic E-state index is 15.6. The number of alkyl carbamates (subject to hydrolysis) is 1. The van der Waals surface area contributed by atoms with Gasteiger partial charge in [-0.15, -0.1) is 0 Å². The summed E-state index contributed by atoms with van der Waals surface area (Å²) in [6.07, 6.45) is 2.32. The Kier molecular flexibility index (Phi) is 10.3. The van der Waals surface area contributed by atoms with Crippen molar-refractivity contribution >= 4 is 46.3 Å². The van der Waals surface area contributed by atoms with Crippen LogP contribution in [0.4, 0.5) is 34.7 Å². The fourth-order valence-electron chi connectivity index (χ4n) is 5.31. The van der Waals surface area contributed by atoms with Crippen LogP contribution in [0.1, 0.15) is 94.1 Å². The average molecular weight is 685 g/mol. The molecule has 0 saturated carbocycles. The number of hydrogen-bond acceptors (Lipinski definition) is 9. The number of pyridine rings is 1. The highest BCUT2D eigenvalue weighted by atomic mass is 19.1. The number of fused-ring (bicyclic) bond motifs is 1. The van der Waals surface area contributed by atoms with Crippen molar-refractivity contribution in [3.05, 3.63) is 41.6 Å². The number of anilines is 2. The first-order chi connectivity index (χ1) is 22.6. The Balaban J connectivity index is 1.96. The Morgan fingerprint density at radius 3 is 2.04 bits per heavy atom. The van der Waals surface area contributed by atoms with Crippen LogP contribution in [0.3, 0.4) is 0 Å². The van der Waals surface area contributed by atoms with E-state index >= 15 is 4.39 Å². The van der Waals surface area contributed by atoms with Crippen LogP contribution in [0, 0.1) is 11.6 Å². The number of amides is 3. The number of nitrogens with zero attached hydrogens (tertiary/aromatic N) is 4. The van der Waals surface area contributed by atoms with E-state index in [9.17, 15) is 18.8 Å². The van der Waals surface area contributed by atoms with Gasteiger partial charge in [-0.2, -0.15) is 10.00 Å². The van der Waals surface area contributed by atoms with Crippen LogP contribution in [-0.2, 0) is 20.8 Å². The smallest absolute Gasteiger partial charge is 0.425 e. The van der Waals surface area contributed by atoms with E-state index in [0.717, 1.165) is 17.7 Å². The molecule has 1 aromatic carbocycles. The third-order valence-electron chi connectivity index (χ3n) is 7.23. The molecule has 14 heteroatoms. The van der Waals surface area contributed by atoms with Gasteiger partial charge in [0.25, 0.3) is 0 Å². The molecule has 0 spiro atoms. The molecule has 3 aromatic rings. The highest BCUT2D eigenvalue weighted by molar-refractivity contribution is 6.17. The molecule has 1 unspecified atom stereocenters. The summed E-state index contributed by atoms with van der Waals surface area (Å²) in [5.74, 6) is -1.99. The van der Waals surface area contributed by atoms with Gasteiger partial charge in [-0.3, -0.25) is 4.68 Å². The number of carbonyl (C=O) groups excluding carboxylic acids is 3. The van der Waals surface area contributed by atoms with Gasteiger partial charge in [-0.05, 0) is 100 Å². The summed E-state index contributed by atoms with van der Waals surface area (Å²) in [5, 5.41) is 7.65. The van der Waals surface area contributed by atoms with E-state index in [1.807, 2.05) is 13.0 Å². The lowest BCUT2D eigenvalue weighted by atomic mass is 9.90. The lowest BCUT2D eigenvalue weighted by Gasteiger charge is -2.29. The summed E-state index contributed by atoms with van der Waals surface area (Å²) < 4.78 is 48.6. The second-order valence-corrected chi connectivity index (χ2v) is 14.9. The average Bonchev–Trinajstić information content (AvgIpc) is 3.32.